The van der Waals surface area contributed by atoms with Crippen LogP contribution in [0.4, 0.5) is 5.69 Å². The third-order valence-corrected chi connectivity index (χ3v) is 5.42. The van der Waals surface area contributed by atoms with Crippen LogP contribution in [-0.2, 0) is 9.59 Å². The van der Waals surface area contributed by atoms with Gasteiger partial charge in [0.25, 0.3) is 5.91 Å². The molecule has 9 heteroatoms. The van der Waals surface area contributed by atoms with Gasteiger partial charge in [-0.2, -0.15) is 0 Å². The van der Waals surface area contributed by atoms with Gasteiger partial charge in [-0.3, -0.25) is 14.4 Å². The van der Waals surface area contributed by atoms with E-state index in [1.807, 2.05) is 0 Å². The molecule has 6 nitrogen and oxygen atoms in total. The van der Waals surface area contributed by atoms with Crippen LogP contribution in [0, 0.1) is 0 Å². The van der Waals surface area contributed by atoms with E-state index < -0.39 is 6.04 Å². The Balaban J connectivity index is 1.65. The number of carbonyl (C=O) groups excluding carboxylic acids is 3. The molecule has 1 aromatic carbocycles. The molecule has 0 spiro atoms. The summed E-state index contributed by atoms with van der Waals surface area (Å²) in [6.07, 6.45) is 0.760. The van der Waals surface area contributed by atoms with Gasteiger partial charge in [0.2, 0.25) is 11.8 Å². The van der Waals surface area contributed by atoms with Crippen LogP contribution in [-0.4, -0.2) is 30.3 Å². The van der Waals surface area contributed by atoms with E-state index in [1.54, 1.807) is 43.3 Å². The van der Waals surface area contributed by atoms with Gasteiger partial charge in [0.05, 0.1) is 8.66 Å². The van der Waals surface area contributed by atoms with Gasteiger partial charge < -0.3 is 16.0 Å². The SMILES string of the molecule is CC(NC(=O)c1ccc(Br)s1)C(=O)NCCCC(=O)Nc1ccc(Cl)cc1. The van der Waals surface area contributed by atoms with Gasteiger partial charge in [-0.25, -0.2) is 0 Å². The number of carbonyl (C=O) groups is 3. The maximum atomic E-state index is 12.0. The monoisotopic (exact) mass is 471 g/mol. The Morgan fingerprint density at radius 3 is 2.48 bits per heavy atom. The number of halogens is 2. The van der Waals surface area contributed by atoms with E-state index in [0.29, 0.717) is 28.6 Å². The van der Waals surface area contributed by atoms with Gasteiger partial charge >= 0.3 is 0 Å². The summed E-state index contributed by atoms with van der Waals surface area (Å²) in [7, 11) is 0. The molecule has 0 bridgehead atoms. The summed E-state index contributed by atoms with van der Waals surface area (Å²) in [5, 5.41) is 8.72. The first-order valence-corrected chi connectivity index (χ1v) is 10.2. The van der Waals surface area contributed by atoms with Crippen LogP contribution in [0.15, 0.2) is 40.2 Å². The molecule has 2 aromatic rings. The summed E-state index contributed by atoms with van der Waals surface area (Å²) >= 11 is 10.4. The minimum absolute atomic E-state index is 0.142. The molecular weight excluding hydrogens is 454 g/mol. The average Bonchev–Trinajstić information content (AvgIpc) is 3.07. The van der Waals surface area contributed by atoms with E-state index in [9.17, 15) is 14.4 Å². The molecule has 1 unspecified atom stereocenters. The predicted octanol–water partition coefficient (Wildman–Crippen LogP) is 3.82. The lowest BCUT2D eigenvalue weighted by molar-refractivity contribution is -0.123. The minimum atomic E-state index is -0.665. The maximum absolute atomic E-state index is 12.0. The summed E-state index contributed by atoms with van der Waals surface area (Å²) in [4.78, 5) is 36.5. The van der Waals surface area contributed by atoms with Crippen LogP contribution in [0.2, 0.25) is 5.02 Å². The third kappa shape index (κ3) is 7.32. The van der Waals surface area contributed by atoms with Crippen LogP contribution in [0.5, 0.6) is 0 Å². The van der Waals surface area contributed by atoms with Gasteiger partial charge in [0, 0.05) is 23.7 Å². The third-order valence-electron chi connectivity index (χ3n) is 3.55. The standard InChI is InChI=1S/C18H19BrClN3O3S/c1-11(22-18(26)14-8-9-15(19)27-14)17(25)21-10-2-3-16(24)23-13-6-4-12(20)5-7-13/h4-9,11H,2-3,10H2,1H3,(H,21,25)(H,22,26)(H,23,24). The Kier molecular flexibility index (Phi) is 8.27. The number of hydrogen-bond donors (Lipinski definition) is 3. The van der Waals surface area contributed by atoms with Crippen molar-refractivity contribution in [3.8, 4) is 0 Å². The molecule has 0 saturated heterocycles. The van der Waals surface area contributed by atoms with Crippen molar-refractivity contribution in [3.05, 3.63) is 50.1 Å². The molecule has 0 aliphatic carbocycles. The molecule has 0 aliphatic heterocycles. The number of hydrogen-bond acceptors (Lipinski definition) is 4. The first kappa shape index (κ1) is 21.4. The van der Waals surface area contributed by atoms with Crippen molar-refractivity contribution < 1.29 is 14.4 Å². The van der Waals surface area contributed by atoms with Crippen LogP contribution >= 0.6 is 38.9 Å². The molecule has 3 amide bonds. The van der Waals surface area contributed by atoms with Crippen molar-refractivity contribution in [1.29, 1.82) is 0 Å². The van der Waals surface area contributed by atoms with E-state index in [2.05, 4.69) is 31.9 Å². The quantitative estimate of drug-likeness (QED) is 0.511. The van der Waals surface area contributed by atoms with Gasteiger partial charge in [-0.15, -0.1) is 11.3 Å². The van der Waals surface area contributed by atoms with Crippen LogP contribution in [0.25, 0.3) is 0 Å². The lowest BCUT2D eigenvalue weighted by atomic mass is 10.2. The maximum Gasteiger partial charge on any atom is 0.262 e. The summed E-state index contributed by atoms with van der Waals surface area (Å²) in [5.74, 6) is -0.732. The second-order valence-corrected chi connectivity index (χ2v) is 8.65. The van der Waals surface area contributed by atoms with Gasteiger partial charge in [-0.1, -0.05) is 11.6 Å². The van der Waals surface area contributed by atoms with E-state index in [1.165, 1.54) is 11.3 Å². The highest BCUT2D eigenvalue weighted by atomic mass is 79.9. The van der Waals surface area contributed by atoms with Crippen molar-refractivity contribution in [1.82, 2.24) is 10.6 Å². The van der Waals surface area contributed by atoms with Crippen LogP contribution in [0.1, 0.15) is 29.4 Å². The zero-order chi connectivity index (χ0) is 19.8. The minimum Gasteiger partial charge on any atom is -0.354 e. The number of amides is 3. The zero-order valence-electron chi connectivity index (χ0n) is 14.6. The Bertz CT molecular complexity index is 810. The van der Waals surface area contributed by atoms with E-state index in [-0.39, 0.29) is 24.1 Å². The second kappa shape index (κ2) is 10.4. The lowest BCUT2D eigenvalue weighted by Crippen LogP contribution is -2.44. The lowest BCUT2D eigenvalue weighted by Gasteiger charge is -2.13. The molecule has 0 fully saturated rings. The molecule has 1 aromatic heterocycles. The highest BCUT2D eigenvalue weighted by Gasteiger charge is 2.17. The molecule has 3 N–H and O–H groups in total. The fourth-order valence-electron chi connectivity index (χ4n) is 2.14. The summed E-state index contributed by atoms with van der Waals surface area (Å²) in [6, 6.07) is 9.63. The highest BCUT2D eigenvalue weighted by Crippen LogP contribution is 2.21. The Morgan fingerprint density at radius 2 is 1.85 bits per heavy atom. The largest absolute Gasteiger partial charge is 0.354 e. The first-order chi connectivity index (χ1) is 12.8. The van der Waals surface area contributed by atoms with Gasteiger partial charge in [-0.05, 0) is 65.7 Å². The number of anilines is 1. The zero-order valence-corrected chi connectivity index (χ0v) is 17.7. The molecule has 1 atom stereocenters. The fraction of sp³-hybridized carbons (Fsp3) is 0.278. The topological polar surface area (TPSA) is 87.3 Å². The van der Waals surface area contributed by atoms with Crippen LogP contribution < -0.4 is 16.0 Å². The second-order valence-electron chi connectivity index (χ2n) is 5.75. The Labute approximate surface area is 174 Å². The van der Waals surface area contributed by atoms with Gasteiger partial charge in [0.15, 0.2) is 0 Å². The van der Waals surface area contributed by atoms with Crippen molar-refractivity contribution in [2.75, 3.05) is 11.9 Å². The molecule has 27 heavy (non-hydrogen) atoms. The molecule has 2 rings (SSSR count). The Hall–Kier alpha value is -1.90. The molecule has 144 valence electrons. The van der Waals surface area contributed by atoms with Crippen molar-refractivity contribution in [2.45, 2.75) is 25.8 Å². The molecule has 0 saturated carbocycles. The predicted molar refractivity (Wildman–Crippen MR) is 111 cm³/mol. The van der Waals surface area contributed by atoms with E-state index >= 15 is 0 Å². The number of nitrogens with one attached hydrogen (secondary N) is 3. The fourth-order valence-corrected chi connectivity index (χ4v) is 3.56. The Morgan fingerprint density at radius 1 is 1.15 bits per heavy atom. The van der Waals surface area contributed by atoms with E-state index in [0.717, 1.165) is 3.79 Å². The van der Waals surface area contributed by atoms with Crippen LogP contribution in [0.3, 0.4) is 0 Å². The number of benzene rings is 1. The van der Waals surface area contributed by atoms with E-state index in [4.69, 9.17) is 11.6 Å². The molecule has 1 heterocycles. The molecule has 0 aliphatic rings. The van der Waals surface area contributed by atoms with Crippen molar-refractivity contribution in [2.24, 2.45) is 0 Å². The van der Waals surface area contributed by atoms with Crippen molar-refractivity contribution >= 4 is 62.3 Å². The normalized spacial score (nSPS) is 11.5. The molecular formula is C18H19BrClN3O3S. The highest BCUT2D eigenvalue weighted by molar-refractivity contribution is 9.11. The smallest absolute Gasteiger partial charge is 0.262 e. The van der Waals surface area contributed by atoms with Crippen molar-refractivity contribution in [3.63, 3.8) is 0 Å². The molecule has 0 radical (unpaired) electrons. The first-order valence-electron chi connectivity index (χ1n) is 8.24. The summed E-state index contributed by atoms with van der Waals surface area (Å²) < 4.78 is 0.849. The summed E-state index contributed by atoms with van der Waals surface area (Å²) in [6.45, 7) is 1.96. The summed E-state index contributed by atoms with van der Waals surface area (Å²) in [5.41, 5.74) is 0.671. The van der Waals surface area contributed by atoms with Gasteiger partial charge in [0.1, 0.15) is 6.04 Å². The average molecular weight is 473 g/mol. The number of rotatable bonds is 8. The number of thiophene rings is 1.